The maximum absolute atomic E-state index is 6.17. The number of rotatable bonds is 17. The molecule has 0 radical (unpaired) electrons. The van der Waals surface area contributed by atoms with Gasteiger partial charge in [0.15, 0.2) is 0 Å². The van der Waals surface area contributed by atoms with Crippen molar-refractivity contribution >= 4 is 11.4 Å². The van der Waals surface area contributed by atoms with Crippen molar-refractivity contribution in [1.29, 1.82) is 0 Å². The number of hydrogen-bond acceptors (Lipinski definition) is 2. The zero-order valence-electron chi connectivity index (χ0n) is 32.1. The minimum atomic E-state index is 0.0586. The zero-order chi connectivity index (χ0) is 35.5. The predicted octanol–water partition coefficient (Wildman–Crippen LogP) is 13.6. The third-order valence-electron chi connectivity index (χ3n) is 12.2. The SMILES string of the molecule is CCCCCCC1CCC(c2ccc(C(CCCC)c3ccc(N)cc3C)cc2)(c2ccc(C(CCCC)c3ccc(N)cc3C)cc2)CC1. The van der Waals surface area contributed by atoms with Crippen molar-refractivity contribution in [2.24, 2.45) is 5.92 Å². The Bertz CT molecular complexity index is 1500. The monoisotopic (exact) mass is 671 g/mol. The molecule has 2 nitrogen and oxygen atoms in total. The van der Waals surface area contributed by atoms with Crippen LogP contribution in [-0.4, -0.2) is 0 Å². The number of unbranched alkanes of at least 4 members (excludes halogenated alkanes) is 5. The fraction of sp³-hybridized carbons (Fsp3) is 0.500. The van der Waals surface area contributed by atoms with Gasteiger partial charge >= 0.3 is 0 Å². The quantitative estimate of drug-likeness (QED) is 0.0867. The van der Waals surface area contributed by atoms with E-state index in [4.69, 9.17) is 11.5 Å². The highest BCUT2D eigenvalue weighted by atomic mass is 14.5. The van der Waals surface area contributed by atoms with Crippen molar-refractivity contribution < 1.29 is 0 Å². The molecule has 0 amide bonds. The maximum atomic E-state index is 6.17. The first-order valence-electron chi connectivity index (χ1n) is 20.2. The second-order valence-corrected chi connectivity index (χ2v) is 15.7. The van der Waals surface area contributed by atoms with Crippen LogP contribution in [0, 0.1) is 19.8 Å². The molecule has 0 bridgehead atoms. The molecule has 2 unspecified atom stereocenters. The summed E-state index contributed by atoms with van der Waals surface area (Å²) in [4.78, 5) is 0. The van der Waals surface area contributed by atoms with E-state index in [1.54, 1.807) is 0 Å². The lowest BCUT2D eigenvalue weighted by Crippen LogP contribution is -2.33. The smallest absolute Gasteiger partial charge is 0.0316 e. The van der Waals surface area contributed by atoms with Crippen LogP contribution in [0.15, 0.2) is 84.9 Å². The predicted molar refractivity (Wildman–Crippen MR) is 218 cm³/mol. The topological polar surface area (TPSA) is 52.0 Å². The fourth-order valence-corrected chi connectivity index (χ4v) is 9.13. The molecule has 0 aliphatic heterocycles. The molecule has 4 aromatic rings. The Labute approximate surface area is 305 Å². The molecule has 2 atom stereocenters. The Balaban J connectivity index is 1.48. The van der Waals surface area contributed by atoms with Gasteiger partial charge in [0.05, 0.1) is 0 Å². The average Bonchev–Trinajstić information content (AvgIpc) is 3.12. The van der Waals surface area contributed by atoms with Crippen molar-refractivity contribution in [3.63, 3.8) is 0 Å². The lowest BCUT2D eigenvalue weighted by Gasteiger charge is -2.42. The largest absolute Gasteiger partial charge is 0.399 e. The first kappa shape index (κ1) is 37.7. The Morgan fingerprint density at radius 2 is 1.00 bits per heavy atom. The van der Waals surface area contributed by atoms with Crippen LogP contribution in [0.4, 0.5) is 11.4 Å². The number of hydrogen-bond donors (Lipinski definition) is 2. The summed E-state index contributed by atoms with van der Waals surface area (Å²) in [6.45, 7) is 11.4. The molecular weight excluding hydrogens is 605 g/mol. The van der Waals surface area contributed by atoms with Crippen LogP contribution < -0.4 is 11.5 Å². The van der Waals surface area contributed by atoms with E-state index in [9.17, 15) is 0 Å². The average molecular weight is 671 g/mol. The van der Waals surface area contributed by atoms with Gasteiger partial charge in [0, 0.05) is 28.6 Å². The molecule has 50 heavy (non-hydrogen) atoms. The molecule has 4 N–H and O–H groups in total. The van der Waals surface area contributed by atoms with Crippen LogP contribution >= 0.6 is 0 Å². The van der Waals surface area contributed by atoms with Gasteiger partial charge < -0.3 is 11.5 Å². The molecule has 0 aromatic heterocycles. The third-order valence-corrected chi connectivity index (χ3v) is 12.2. The summed E-state index contributed by atoms with van der Waals surface area (Å²) in [5.74, 6) is 1.66. The van der Waals surface area contributed by atoms with Gasteiger partial charge in [-0.1, -0.05) is 139 Å². The highest BCUT2D eigenvalue weighted by Gasteiger charge is 2.38. The van der Waals surface area contributed by atoms with E-state index in [0.717, 1.165) is 17.3 Å². The highest BCUT2D eigenvalue weighted by Crippen LogP contribution is 2.48. The van der Waals surface area contributed by atoms with Crippen LogP contribution in [0.1, 0.15) is 173 Å². The number of benzene rings is 4. The van der Waals surface area contributed by atoms with Crippen molar-refractivity contribution in [1.82, 2.24) is 0 Å². The molecule has 4 aromatic carbocycles. The van der Waals surface area contributed by atoms with Gasteiger partial charge in [-0.25, -0.2) is 0 Å². The van der Waals surface area contributed by atoms with E-state index < -0.39 is 0 Å². The molecule has 1 fully saturated rings. The molecule has 0 heterocycles. The van der Waals surface area contributed by atoms with Crippen LogP contribution in [0.5, 0.6) is 0 Å². The van der Waals surface area contributed by atoms with Gasteiger partial charge in [0.25, 0.3) is 0 Å². The number of nitrogens with two attached hydrogens (primary N) is 2. The second kappa shape index (κ2) is 18.1. The third kappa shape index (κ3) is 9.03. The van der Waals surface area contributed by atoms with E-state index in [0.29, 0.717) is 11.8 Å². The molecule has 5 rings (SSSR count). The first-order chi connectivity index (χ1) is 24.3. The van der Waals surface area contributed by atoms with Crippen LogP contribution in [0.3, 0.4) is 0 Å². The van der Waals surface area contributed by atoms with Crippen LogP contribution in [0.25, 0.3) is 0 Å². The number of anilines is 2. The van der Waals surface area contributed by atoms with Gasteiger partial charge in [-0.05, 0) is 127 Å². The van der Waals surface area contributed by atoms with Gasteiger partial charge in [-0.15, -0.1) is 0 Å². The molecule has 1 saturated carbocycles. The molecule has 2 heteroatoms. The maximum Gasteiger partial charge on any atom is 0.0316 e. The van der Waals surface area contributed by atoms with E-state index >= 15 is 0 Å². The minimum Gasteiger partial charge on any atom is -0.399 e. The van der Waals surface area contributed by atoms with Gasteiger partial charge in [0.1, 0.15) is 0 Å². The van der Waals surface area contributed by atoms with E-state index in [1.165, 1.54) is 141 Å². The van der Waals surface area contributed by atoms with E-state index in [-0.39, 0.29) is 5.41 Å². The Kier molecular flexibility index (Phi) is 13.7. The van der Waals surface area contributed by atoms with Crippen LogP contribution in [0.2, 0.25) is 0 Å². The van der Waals surface area contributed by atoms with Gasteiger partial charge in [-0.2, -0.15) is 0 Å². The summed E-state index contributed by atoms with van der Waals surface area (Å²) in [5.41, 5.74) is 25.4. The standard InChI is InChI=1S/C48H66N2/c1-6-9-12-13-14-37-29-31-48(32-30-37,40-21-17-38(18-22-40)46(15-10-7-2)44-27-25-42(49)33-35(44)4)41-23-19-39(20-24-41)47(16-11-8-3)45-28-26-43(50)34-36(45)5/h17-28,33-34,37,46-47H,6-16,29-32,49-50H2,1-5H3. The molecular formula is C48H66N2. The summed E-state index contributed by atoms with van der Waals surface area (Å²) >= 11 is 0. The Morgan fingerprint density at radius 1 is 0.560 bits per heavy atom. The van der Waals surface area contributed by atoms with Crippen molar-refractivity contribution in [3.05, 3.63) is 129 Å². The molecule has 1 aliphatic rings. The second-order valence-electron chi connectivity index (χ2n) is 15.7. The van der Waals surface area contributed by atoms with E-state index in [2.05, 4.69) is 120 Å². The van der Waals surface area contributed by atoms with Crippen molar-refractivity contribution in [2.75, 3.05) is 11.5 Å². The highest BCUT2D eigenvalue weighted by molar-refractivity contribution is 5.51. The summed E-state index contributed by atoms with van der Waals surface area (Å²) in [5, 5.41) is 0. The normalized spacial score (nSPS) is 18.9. The van der Waals surface area contributed by atoms with Crippen molar-refractivity contribution in [3.8, 4) is 0 Å². The summed E-state index contributed by atoms with van der Waals surface area (Å²) in [6.07, 6.45) is 19.2. The Morgan fingerprint density at radius 3 is 1.40 bits per heavy atom. The lowest BCUT2D eigenvalue weighted by atomic mass is 9.62. The Hall–Kier alpha value is -3.52. The molecule has 1 aliphatic carbocycles. The number of nitrogen functional groups attached to an aromatic ring is 2. The van der Waals surface area contributed by atoms with Crippen LogP contribution in [-0.2, 0) is 5.41 Å². The number of aryl methyl sites for hydroxylation is 2. The van der Waals surface area contributed by atoms with E-state index in [1.807, 2.05) is 0 Å². The molecule has 0 spiro atoms. The van der Waals surface area contributed by atoms with Gasteiger partial charge in [0.2, 0.25) is 0 Å². The summed E-state index contributed by atoms with van der Waals surface area (Å²) < 4.78 is 0. The molecule has 0 saturated heterocycles. The minimum absolute atomic E-state index is 0.0586. The molecule has 268 valence electrons. The summed E-state index contributed by atoms with van der Waals surface area (Å²) in [7, 11) is 0. The first-order valence-corrected chi connectivity index (χ1v) is 20.2. The zero-order valence-corrected chi connectivity index (χ0v) is 32.1. The van der Waals surface area contributed by atoms with Gasteiger partial charge in [-0.3, -0.25) is 0 Å². The summed E-state index contributed by atoms with van der Waals surface area (Å²) in [6, 6.07) is 32.8. The fourth-order valence-electron chi connectivity index (χ4n) is 9.13. The van der Waals surface area contributed by atoms with Crippen molar-refractivity contribution in [2.45, 2.75) is 148 Å². The lowest BCUT2D eigenvalue weighted by molar-refractivity contribution is 0.250.